The number of carbonyl (C=O) groups is 1. The maximum atomic E-state index is 14.6. The number of rotatable bonds is 9. The summed E-state index contributed by atoms with van der Waals surface area (Å²) >= 11 is 0. The molecule has 6 nitrogen and oxygen atoms in total. The van der Waals surface area contributed by atoms with E-state index in [-0.39, 0.29) is 17.0 Å². The van der Waals surface area contributed by atoms with E-state index in [1.54, 1.807) is 6.20 Å². The van der Waals surface area contributed by atoms with Gasteiger partial charge in [-0.15, -0.1) is 0 Å². The molecule has 0 spiro atoms. The molecule has 3 rings (SSSR count). The third-order valence-corrected chi connectivity index (χ3v) is 5.70. The van der Waals surface area contributed by atoms with Gasteiger partial charge in [-0.2, -0.15) is 0 Å². The number of nitrogens with one attached hydrogen (secondary N) is 2. The van der Waals surface area contributed by atoms with Crippen molar-refractivity contribution in [2.24, 2.45) is 5.41 Å². The number of benzene rings is 2. The summed E-state index contributed by atoms with van der Waals surface area (Å²) in [6.45, 7) is 13.4. The van der Waals surface area contributed by atoms with Crippen molar-refractivity contribution >= 4 is 6.09 Å². The van der Waals surface area contributed by atoms with Gasteiger partial charge >= 0.3 is 6.09 Å². The van der Waals surface area contributed by atoms with Crippen LogP contribution in [-0.2, 0) is 11.3 Å². The zero-order valence-corrected chi connectivity index (χ0v) is 22.6. The Balaban J connectivity index is 1.83. The lowest BCUT2D eigenvalue weighted by Gasteiger charge is -2.32. The first kappa shape index (κ1) is 28.3. The predicted octanol–water partition coefficient (Wildman–Crippen LogP) is 6.47. The second-order valence-corrected chi connectivity index (χ2v) is 11.3. The summed E-state index contributed by atoms with van der Waals surface area (Å²) in [5, 5.41) is 6.35. The molecule has 0 aliphatic carbocycles. The molecule has 2 aromatic carbocycles. The molecule has 0 aliphatic rings. The smallest absolute Gasteiger partial charge is 0.407 e. The normalized spacial score (nSPS) is 12.9. The number of amides is 1. The molecular formula is C29H38F2N4O2. The van der Waals surface area contributed by atoms with E-state index in [0.29, 0.717) is 31.7 Å². The van der Waals surface area contributed by atoms with Gasteiger partial charge in [0.15, 0.2) is 0 Å². The number of aromatic nitrogens is 2. The molecule has 8 heteroatoms. The van der Waals surface area contributed by atoms with Gasteiger partial charge in [-0.1, -0.05) is 51.1 Å². The minimum Gasteiger partial charge on any atom is -0.444 e. The zero-order valence-electron chi connectivity index (χ0n) is 22.6. The van der Waals surface area contributed by atoms with Crippen molar-refractivity contribution in [1.82, 2.24) is 20.2 Å². The summed E-state index contributed by atoms with van der Waals surface area (Å²) in [6.07, 6.45) is 2.02. The monoisotopic (exact) mass is 512 g/mol. The van der Waals surface area contributed by atoms with Crippen LogP contribution in [0.15, 0.2) is 54.7 Å². The molecule has 1 amide bonds. The minimum atomic E-state index is -0.547. The number of hydrogen-bond acceptors (Lipinski definition) is 4. The lowest BCUT2D eigenvalue weighted by molar-refractivity contribution is 0.0527. The average molecular weight is 513 g/mol. The van der Waals surface area contributed by atoms with E-state index >= 15 is 0 Å². The standard InChI is InChI=1S/C29H38F2N4O2/c1-28(2,3)25(32-15-10-16-33-27(36)37-29(4,5)6)26-34-24(22-17-21(30)13-14-23(22)31)19-35(26)18-20-11-8-7-9-12-20/h7-9,11-14,17,19,25,32H,10,15-16,18H2,1-6H3,(H,33,36)/t25-/m0/s1. The van der Waals surface area contributed by atoms with Crippen LogP contribution in [0.2, 0.25) is 0 Å². The Morgan fingerprint density at radius 1 is 1.03 bits per heavy atom. The van der Waals surface area contributed by atoms with E-state index in [1.807, 2.05) is 55.7 Å². The topological polar surface area (TPSA) is 68.2 Å². The van der Waals surface area contributed by atoms with Gasteiger partial charge in [-0.05, 0) is 62.9 Å². The Morgan fingerprint density at radius 2 is 1.73 bits per heavy atom. The number of imidazole rings is 1. The Bertz CT molecular complexity index is 1180. The van der Waals surface area contributed by atoms with E-state index in [2.05, 4.69) is 31.4 Å². The van der Waals surface area contributed by atoms with Gasteiger partial charge in [0.2, 0.25) is 0 Å². The van der Waals surface area contributed by atoms with Crippen molar-refractivity contribution < 1.29 is 18.3 Å². The third-order valence-electron chi connectivity index (χ3n) is 5.70. The highest BCUT2D eigenvalue weighted by Crippen LogP contribution is 2.34. The van der Waals surface area contributed by atoms with Crippen molar-refractivity contribution in [3.8, 4) is 11.3 Å². The second-order valence-electron chi connectivity index (χ2n) is 11.3. The first-order chi connectivity index (χ1) is 17.3. The van der Waals surface area contributed by atoms with Crippen LogP contribution in [0.4, 0.5) is 13.6 Å². The lowest BCUT2D eigenvalue weighted by Crippen LogP contribution is -2.37. The molecule has 0 fully saturated rings. The van der Waals surface area contributed by atoms with E-state index in [0.717, 1.165) is 23.5 Å². The van der Waals surface area contributed by atoms with Gasteiger partial charge in [0.05, 0.1) is 11.7 Å². The molecule has 1 aromatic heterocycles. The molecule has 1 heterocycles. The highest BCUT2D eigenvalue weighted by atomic mass is 19.1. The first-order valence-electron chi connectivity index (χ1n) is 12.6. The first-order valence-corrected chi connectivity index (χ1v) is 12.6. The maximum Gasteiger partial charge on any atom is 0.407 e. The molecule has 0 aliphatic heterocycles. The number of alkyl carbamates (subject to hydrolysis) is 1. The minimum absolute atomic E-state index is 0.127. The van der Waals surface area contributed by atoms with Gasteiger partial charge in [0.1, 0.15) is 23.1 Å². The number of carbonyl (C=O) groups excluding carboxylic acids is 1. The molecule has 3 aromatic rings. The van der Waals surface area contributed by atoms with Crippen LogP contribution in [0.5, 0.6) is 0 Å². The summed E-state index contributed by atoms with van der Waals surface area (Å²) < 4.78 is 35.9. The van der Waals surface area contributed by atoms with E-state index in [4.69, 9.17) is 9.72 Å². The summed E-state index contributed by atoms with van der Waals surface area (Å²) in [4.78, 5) is 16.7. The SMILES string of the molecule is CC(C)(C)OC(=O)NCCCN[C@@H](c1nc(-c2cc(F)ccc2F)cn1Cc1ccccc1)C(C)(C)C. The number of halogens is 2. The summed E-state index contributed by atoms with van der Waals surface area (Å²) in [6, 6.07) is 13.1. The molecule has 37 heavy (non-hydrogen) atoms. The predicted molar refractivity (Wildman–Crippen MR) is 142 cm³/mol. The van der Waals surface area contributed by atoms with Crippen LogP contribution in [0, 0.1) is 17.0 Å². The molecule has 200 valence electrons. The highest BCUT2D eigenvalue weighted by molar-refractivity contribution is 5.67. The summed E-state index contributed by atoms with van der Waals surface area (Å²) in [7, 11) is 0. The Labute approximate surface area is 218 Å². The number of nitrogens with zero attached hydrogens (tertiary/aromatic N) is 2. The van der Waals surface area contributed by atoms with Crippen LogP contribution in [-0.4, -0.2) is 34.3 Å². The molecule has 0 radical (unpaired) electrons. The van der Waals surface area contributed by atoms with Crippen LogP contribution in [0.1, 0.15) is 65.4 Å². The number of hydrogen-bond donors (Lipinski definition) is 2. The fourth-order valence-corrected chi connectivity index (χ4v) is 4.02. The summed E-state index contributed by atoms with van der Waals surface area (Å²) in [5.74, 6) is -0.306. The van der Waals surface area contributed by atoms with Gasteiger partial charge < -0.3 is 19.9 Å². The van der Waals surface area contributed by atoms with Crippen molar-refractivity contribution in [3.05, 3.63) is 77.8 Å². The van der Waals surface area contributed by atoms with Crippen molar-refractivity contribution in [1.29, 1.82) is 0 Å². The van der Waals surface area contributed by atoms with Crippen LogP contribution in [0.25, 0.3) is 11.3 Å². The molecule has 2 N–H and O–H groups in total. The third kappa shape index (κ3) is 8.39. The van der Waals surface area contributed by atoms with Crippen molar-refractivity contribution in [3.63, 3.8) is 0 Å². The molecule has 0 saturated carbocycles. The van der Waals surface area contributed by atoms with Crippen molar-refractivity contribution in [2.45, 2.75) is 66.2 Å². The molecule has 0 unspecified atom stereocenters. The van der Waals surface area contributed by atoms with Gasteiger partial charge in [0, 0.05) is 24.8 Å². The Morgan fingerprint density at radius 3 is 2.38 bits per heavy atom. The van der Waals surface area contributed by atoms with Gasteiger partial charge in [0.25, 0.3) is 0 Å². The van der Waals surface area contributed by atoms with Crippen LogP contribution in [0.3, 0.4) is 0 Å². The van der Waals surface area contributed by atoms with Crippen molar-refractivity contribution in [2.75, 3.05) is 13.1 Å². The zero-order chi connectivity index (χ0) is 27.2. The second kappa shape index (κ2) is 11.9. The Hall–Kier alpha value is -3.26. The van der Waals surface area contributed by atoms with E-state index < -0.39 is 23.3 Å². The average Bonchev–Trinajstić information content (AvgIpc) is 3.19. The largest absolute Gasteiger partial charge is 0.444 e. The van der Waals surface area contributed by atoms with E-state index in [9.17, 15) is 13.6 Å². The quantitative estimate of drug-likeness (QED) is 0.323. The Kier molecular flexibility index (Phi) is 9.07. The van der Waals surface area contributed by atoms with E-state index in [1.165, 1.54) is 6.07 Å². The molecular weight excluding hydrogens is 474 g/mol. The van der Waals surface area contributed by atoms with Gasteiger partial charge in [-0.3, -0.25) is 0 Å². The number of ether oxygens (including phenoxy) is 1. The van der Waals surface area contributed by atoms with Crippen LogP contribution >= 0.6 is 0 Å². The molecule has 0 bridgehead atoms. The summed E-state index contributed by atoms with van der Waals surface area (Å²) in [5.41, 5.74) is 0.791. The maximum absolute atomic E-state index is 14.6. The fourth-order valence-electron chi connectivity index (χ4n) is 4.02. The van der Waals surface area contributed by atoms with Gasteiger partial charge in [-0.25, -0.2) is 18.6 Å². The molecule has 0 saturated heterocycles. The fraction of sp³-hybridized carbons (Fsp3) is 0.448. The molecule has 1 atom stereocenters. The lowest BCUT2D eigenvalue weighted by atomic mass is 9.86. The highest BCUT2D eigenvalue weighted by Gasteiger charge is 2.31. The van der Waals surface area contributed by atoms with Crippen LogP contribution < -0.4 is 10.6 Å².